The molecule has 0 fully saturated rings. The highest BCUT2D eigenvalue weighted by Gasteiger charge is 2.03. The van der Waals surface area contributed by atoms with E-state index in [2.05, 4.69) is 27.0 Å². The minimum Gasteiger partial charge on any atom is -0.467 e. The Morgan fingerprint density at radius 1 is 0.197 bits per heavy atom. The fourth-order valence-corrected chi connectivity index (χ4v) is 9.58. The van der Waals surface area contributed by atoms with E-state index >= 15 is 0 Å². The molecule has 0 aromatic heterocycles. The normalized spacial score (nSPS) is 11.5. The Hall–Kier alpha value is -0.720. The third kappa shape index (κ3) is 55.3. The third-order valence-electron chi connectivity index (χ3n) is 13.9. The van der Waals surface area contributed by atoms with Crippen molar-refractivity contribution in [3.05, 3.63) is 24.7 Å². The van der Waals surface area contributed by atoms with Crippen molar-refractivity contribution in [3.8, 4) is 0 Å². The molecule has 61 heavy (non-hydrogen) atoms. The lowest BCUT2D eigenvalue weighted by Gasteiger charge is -2.11. The first kappa shape index (κ1) is 60.3. The SMILES string of the molecule is C=C(CCCCCCCCCCCCCCCCCCCCCCCCCCCC)OC(=C)CCCCCCCCCCCCCCCCCCCCCCCCCCCC. The first-order valence-corrected chi connectivity index (χ1v) is 29.2. The van der Waals surface area contributed by atoms with Crippen LogP contribution in [0.25, 0.3) is 0 Å². The quantitative estimate of drug-likeness (QED) is 0.0437. The molecule has 0 unspecified atom stereocenters. The summed E-state index contributed by atoms with van der Waals surface area (Å²) in [6.07, 6.45) is 77.0. The zero-order valence-corrected chi connectivity index (χ0v) is 43.0. The van der Waals surface area contributed by atoms with Gasteiger partial charge in [-0.05, 0) is 12.8 Å². The summed E-state index contributed by atoms with van der Waals surface area (Å²) in [6, 6.07) is 0. The molecule has 0 rings (SSSR count). The highest BCUT2D eigenvalue weighted by atomic mass is 16.5. The first-order valence-electron chi connectivity index (χ1n) is 29.2. The van der Waals surface area contributed by atoms with E-state index < -0.39 is 0 Å². The zero-order chi connectivity index (χ0) is 44.0. The second kappa shape index (κ2) is 55.4. The van der Waals surface area contributed by atoms with Gasteiger partial charge in [0.05, 0.1) is 11.5 Å². The van der Waals surface area contributed by atoms with Gasteiger partial charge in [-0.25, -0.2) is 0 Å². The van der Waals surface area contributed by atoms with Crippen molar-refractivity contribution >= 4 is 0 Å². The molecule has 0 saturated carbocycles. The highest BCUT2D eigenvalue weighted by molar-refractivity contribution is 4.93. The molecule has 0 radical (unpaired) electrons. The number of rotatable bonds is 56. The number of allylic oxidation sites excluding steroid dienone is 2. The Kier molecular flexibility index (Phi) is 54.8. The average molecular weight is 856 g/mol. The van der Waals surface area contributed by atoms with Crippen LogP contribution in [0.5, 0.6) is 0 Å². The van der Waals surface area contributed by atoms with Crippen LogP contribution in [0.4, 0.5) is 0 Å². The molecule has 0 aromatic rings. The minimum atomic E-state index is 0.934. The molecule has 0 N–H and O–H groups in total. The molecular formula is C60H118O. The number of hydrogen-bond acceptors (Lipinski definition) is 1. The van der Waals surface area contributed by atoms with Crippen molar-refractivity contribution in [1.82, 2.24) is 0 Å². The molecule has 0 amide bonds. The van der Waals surface area contributed by atoms with Crippen LogP contribution in [0.2, 0.25) is 0 Å². The molecule has 0 aromatic carbocycles. The Labute approximate surface area is 388 Å². The van der Waals surface area contributed by atoms with E-state index in [4.69, 9.17) is 4.74 Å². The second-order valence-corrected chi connectivity index (χ2v) is 20.4. The average Bonchev–Trinajstić information content (AvgIpc) is 3.26. The molecule has 0 spiro atoms. The molecule has 0 saturated heterocycles. The Morgan fingerprint density at radius 3 is 0.443 bits per heavy atom. The van der Waals surface area contributed by atoms with Crippen molar-refractivity contribution in [3.63, 3.8) is 0 Å². The van der Waals surface area contributed by atoms with Crippen LogP contribution in [0, 0.1) is 0 Å². The fourth-order valence-electron chi connectivity index (χ4n) is 9.58. The van der Waals surface area contributed by atoms with E-state index in [1.807, 2.05) is 0 Å². The molecular weight excluding hydrogens is 737 g/mol. The number of ether oxygens (including phenoxy) is 1. The van der Waals surface area contributed by atoms with E-state index in [1.54, 1.807) is 0 Å². The number of unbranched alkanes of at least 4 members (excludes halogenated alkanes) is 50. The Balaban J connectivity index is 3.23. The van der Waals surface area contributed by atoms with Crippen molar-refractivity contribution in [2.24, 2.45) is 0 Å². The van der Waals surface area contributed by atoms with Gasteiger partial charge in [-0.3, -0.25) is 0 Å². The summed E-state index contributed by atoms with van der Waals surface area (Å²) >= 11 is 0. The van der Waals surface area contributed by atoms with Gasteiger partial charge in [-0.1, -0.05) is 348 Å². The molecule has 0 aliphatic rings. The monoisotopic (exact) mass is 855 g/mol. The number of hydrogen-bond donors (Lipinski definition) is 0. The molecule has 364 valence electrons. The topological polar surface area (TPSA) is 9.23 Å². The van der Waals surface area contributed by atoms with Gasteiger partial charge in [0, 0.05) is 12.8 Å². The summed E-state index contributed by atoms with van der Waals surface area (Å²) < 4.78 is 5.98. The minimum absolute atomic E-state index is 0.934. The second-order valence-electron chi connectivity index (χ2n) is 20.4. The maximum Gasteiger partial charge on any atom is 0.0964 e. The molecule has 0 atom stereocenters. The molecule has 1 heteroatoms. The van der Waals surface area contributed by atoms with Crippen molar-refractivity contribution in [2.75, 3.05) is 0 Å². The van der Waals surface area contributed by atoms with Crippen molar-refractivity contribution in [2.45, 2.75) is 361 Å². The third-order valence-corrected chi connectivity index (χ3v) is 13.9. The maximum atomic E-state index is 5.98. The lowest BCUT2D eigenvalue weighted by molar-refractivity contribution is 0.274. The molecule has 1 nitrogen and oxygen atoms in total. The fraction of sp³-hybridized carbons (Fsp3) is 0.933. The predicted molar refractivity (Wildman–Crippen MR) is 280 cm³/mol. The largest absolute Gasteiger partial charge is 0.467 e. The van der Waals surface area contributed by atoms with Crippen molar-refractivity contribution < 1.29 is 4.74 Å². The van der Waals surface area contributed by atoms with Crippen LogP contribution in [0.15, 0.2) is 24.7 Å². The maximum absolute atomic E-state index is 5.98. The molecule has 0 heterocycles. The van der Waals surface area contributed by atoms with E-state index in [9.17, 15) is 0 Å². The van der Waals surface area contributed by atoms with Crippen LogP contribution < -0.4 is 0 Å². The first-order chi connectivity index (χ1) is 30.2. The van der Waals surface area contributed by atoms with E-state index in [0.29, 0.717) is 0 Å². The van der Waals surface area contributed by atoms with Gasteiger partial charge in [0.1, 0.15) is 0 Å². The van der Waals surface area contributed by atoms with Crippen molar-refractivity contribution in [1.29, 1.82) is 0 Å². The smallest absolute Gasteiger partial charge is 0.0964 e. The van der Waals surface area contributed by atoms with Crippen LogP contribution in [-0.4, -0.2) is 0 Å². The summed E-state index contributed by atoms with van der Waals surface area (Å²) in [5.74, 6) is 1.87. The van der Waals surface area contributed by atoms with Crippen LogP contribution in [-0.2, 0) is 4.74 Å². The van der Waals surface area contributed by atoms with E-state index in [-0.39, 0.29) is 0 Å². The molecule has 0 aliphatic carbocycles. The molecule has 0 bridgehead atoms. The van der Waals surface area contributed by atoms with Gasteiger partial charge in [0.25, 0.3) is 0 Å². The standard InChI is InChI=1S/C60H118O/c1-5-7-9-11-13-15-17-19-21-23-25-27-29-31-33-35-37-39-41-43-45-47-49-51-53-55-57-59(3)61-60(4)58-56-54-52-50-48-46-44-42-40-38-36-34-32-30-28-26-24-22-20-18-16-14-12-10-8-6-2/h3-58H2,1-2H3. The summed E-state index contributed by atoms with van der Waals surface area (Å²) in [6.45, 7) is 13.0. The van der Waals surface area contributed by atoms with E-state index in [1.165, 1.54) is 334 Å². The lowest BCUT2D eigenvalue weighted by Crippen LogP contribution is -1.93. The highest BCUT2D eigenvalue weighted by Crippen LogP contribution is 2.21. The Bertz CT molecular complexity index is 746. The van der Waals surface area contributed by atoms with Crippen LogP contribution in [0.3, 0.4) is 0 Å². The van der Waals surface area contributed by atoms with Gasteiger partial charge < -0.3 is 4.74 Å². The summed E-state index contributed by atoms with van der Waals surface area (Å²) in [7, 11) is 0. The van der Waals surface area contributed by atoms with E-state index in [0.717, 1.165) is 24.4 Å². The van der Waals surface area contributed by atoms with Crippen LogP contribution >= 0.6 is 0 Å². The van der Waals surface area contributed by atoms with Gasteiger partial charge in [0.15, 0.2) is 0 Å². The van der Waals surface area contributed by atoms with Gasteiger partial charge in [-0.2, -0.15) is 0 Å². The summed E-state index contributed by atoms with van der Waals surface area (Å²) in [4.78, 5) is 0. The Morgan fingerprint density at radius 2 is 0.311 bits per heavy atom. The van der Waals surface area contributed by atoms with Crippen LogP contribution in [0.1, 0.15) is 361 Å². The summed E-state index contributed by atoms with van der Waals surface area (Å²) in [5.41, 5.74) is 0. The summed E-state index contributed by atoms with van der Waals surface area (Å²) in [5, 5.41) is 0. The molecule has 0 aliphatic heterocycles. The zero-order valence-electron chi connectivity index (χ0n) is 43.0. The van der Waals surface area contributed by atoms with Gasteiger partial charge >= 0.3 is 0 Å². The lowest BCUT2D eigenvalue weighted by atomic mass is 10.0. The van der Waals surface area contributed by atoms with Gasteiger partial charge in [0.2, 0.25) is 0 Å². The predicted octanol–water partition coefficient (Wildman–Crippen LogP) is 23.1. The van der Waals surface area contributed by atoms with Gasteiger partial charge in [-0.15, -0.1) is 0 Å².